The molecule has 3 heterocycles. The molecule has 3 rings (SSSR count). The van der Waals surface area contributed by atoms with Crippen LogP contribution in [0.3, 0.4) is 0 Å². The summed E-state index contributed by atoms with van der Waals surface area (Å²) in [5.41, 5.74) is 0. The smallest absolute Gasteiger partial charge is 0.0319 e. The van der Waals surface area contributed by atoms with E-state index in [1.54, 1.807) is 0 Å². The first kappa shape index (κ1) is 18.8. The lowest BCUT2D eigenvalue weighted by molar-refractivity contribution is 0.149. The summed E-state index contributed by atoms with van der Waals surface area (Å²) in [5.74, 6) is 0.968. The van der Waals surface area contributed by atoms with Crippen molar-refractivity contribution in [1.29, 1.82) is 0 Å². The molecule has 5 nitrogen and oxygen atoms in total. The van der Waals surface area contributed by atoms with Gasteiger partial charge in [0.15, 0.2) is 0 Å². The summed E-state index contributed by atoms with van der Waals surface area (Å²) in [7, 11) is 10.6. The molecule has 0 aromatic carbocycles. The van der Waals surface area contributed by atoms with Crippen molar-refractivity contribution in [2.24, 2.45) is 5.92 Å². The zero-order chi connectivity index (χ0) is 15.8. The van der Waals surface area contributed by atoms with Crippen molar-refractivity contribution in [1.82, 2.24) is 24.9 Å². The quantitative estimate of drug-likeness (QED) is 0.732. The molecule has 21 heavy (non-hydrogen) atoms. The first-order chi connectivity index (χ1) is 9.90. The normalized spacial score (nSPS) is 26.0. The summed E-state index contributed by atoms with van der Waals surface area (Å²) in [5, 5.41) is 3.19. The SMILES string of the molecule is CC1CN(C)C1.CN1CCN(C)CC1.CNC1CN(C)C1. The Morgan fingerprint density at radius 2 is 1.05 bits per heavy atom. The Balaban J connectivity index is 0.000000159. The second-order valence-electron chi connectivity index (χ2n) is 7.14. The van der Waals surface area contributed by atoms with Gasteiger partial charge in [-0.15, -0.1) is 0 Å². The van der Waals surface area contributed by atoms with Crippen LogP contribution in [0.15, 0.2) is 0 Å². The number of hydrogen-bond acceptors (Lipinski definition) is 5. The summed E-state index contributed by atoms with van der Waals surface area (Å²) in [6.07, 6.45) is 0. The van der Waals surface area contributed by atoms with Crippen molar-refractivity contribution in [3.8, 4) is 0 Å². The predicted octanol–water partition coefficient (Wildman–Crippen LogP) is -0.0487. The second-order valence-corrected chi connectivity index (χ2v) is 7.14. The Morgan fingerprint density at radius 3 is 1.19 bits per heavy atom. The van der Waals surface area contributed by atoms with Crippen LogP contribution >= 0.6 is 0 Å². The van der Waals surface area contributed by atoms with E-state index in [4.69, 9.17) is 0 Å². The maximum Gasteiger partial charge on any atom is 0.0319 e. The molecule has 0 radical (unpaired) electrons. The lowest BCUT2D eigenvalue weighted by Gasteiger charge is -2.35. The Kier molecular flexibility index (Phi) is 8.74. The third-order valence-corrected chi connectivity index (χ3v) is 4.45. The van der Waals surface area contributed by atoms with Gasteiger partial charge in [0.1, 0.15) is 0 Å². The minimum Gasteiger partial charge on any atom is -0.315 e. The van der Waals surface area contributed by atoms with E-state index in [1.165, 1.54) is 52.4 Å². The van der Waals surface area contributed by atoms with Crippen molar-refractivity contribution in [2.45, 2.75) is 13.0 Å². The average Bonchev–Trinajstić information content (AvgIpc) is 2.39. The molecule has 126 valence electrons. The minimum atomic E-state index is 0.769. The van der Waals surface area contributed by atoms with Crippen LogP contribution in [0.5, 0.6) is 0 Å². The highest BCUT2D eigenvalue weighted by atomic mass is 15.2. The van der Waals surface area contributed by atoms with Crippen molar-refractivity contribution in [2.75, 3.05) is 87.6 Å². The fourth-order valence-electron chi connectivity index (χ4n) is 2.80. The molecule has 0 amide bonds. The van der Waals surface area contributed by atoms with E-state index in [9.17, 15) is 0 Å². The van der Waals surface area contributed by atoms with E-state index in [0.717, 1.165) is 12.0 Å². The zero-order valence-corrected chi connectivity index (χ0v) is 15.1. The molecular formula is C16H37N5. The molecular weight excluding hydrogens is 262 g/mol. The molecule has 5 heteroatoms. The summed E-state index contributed by atoms with van der Waals surface area (Å²) in [6, 6.07) is 0.769. The van der Waals surface area contributed by atoms with Gasteiger partial charge in [-0.1, -0.05) is 6.92 Å². The van der Waals surface area contributed by atoms with Crippen LogP contribution in [0.4, 0.5) is 0 Å². The molecule has 3 saturated heterocycles. The van der Waals surface area contributed by atoms with Crippen LogP contribution in [0.2, 0.25) is 0 Å². The van der Waals surface area contributed by atoms with Gasteiger partial charge in [0.25, 0.3) is 0 Å². The van der Waals surface area contributed by atoms with Gasteiger partial charge < -0.3 is 24.9 Å². The van der Waals surface area contributed by atoms with Gasteiger partial charge in [-0.3, -0.25) is 0 Å². The summed E-state index contributed by atoms with van der Waals surface area (Å²) >= 11 is 0. The van der Waals surface area contributed by atoms with Crippen LogP contribution in [-0.2, 0) is 0 Å². The van der Waals surface area contributed by atoms with Crippen molar-refractivity contribution < 1.29 is 0 Å². The first-order valence-electron chi connectivity index (χ1n) is 8.32. The fourth-order valence-corrected chi connectivity index (χ4v) is 2.80. The largest absolute Gasteiger partial charge is 0.315 e. The Bertz CT molecular complexity index is 237. The molecule has 0 aromatic rings. The monoisotopic (exact) mass is 299 g/mol. The predicted molar refractivity (Wildman–Crippen MR) is 92.0 cm³/mol. The molecule has 0 saturated carbocycles. The van der Waals surface area contributed by atoms with Gasteiger partial charge in [-0.2, -0.15) is 0 Å². The molecule has 3 aliphatic rings. The number of hydrogen-bond donors (Lipinski definition) is 1. The van der Waals surface area contributed by atoms with Crippen molar-refractivity contribution in [3.05, 3.63) is 0 Å². The van der Waals surface area contributed by atoms with E-state index >= 15 is 0 Å². The molecule has 3 aliphatic heterocycles. The number of likely N-dealkylation sites (tertiary alicyclic amines) is 2. The maximum absolute atomic E-state index is 3.19. The zero-order valence-electron chi connectivity index (χ0n) is 15.1. The van der Waals surface area contributed by atoms with Gasteiger partial charge in [-0.05, 0) is 41.2 Å². The molecule has 0 spiro atoms. The van der Waals surface area contributed by atoms with Crippen molar-refractivity contribution in [3.63, 3.8) is 0 Å². The topological polar surface area (TPSA) is 25.0 Å². The standard InChI is InChI=1S/C6H14N2.C5H12N2.C5H11N/c1-7-3-5-8(2)6-4-7;1-6-5-3-7(2)4-5;1-5-3-6(2)4-5/h3-6H2,1-2H3;5-6H,3-4H2,1-2H3;5H,3-4H2,1-2H3. The molecule has 3 fully saturated rings. The van der Waals surface area contributed by atoms with Crippen LogP contribution in [0.25, 0.3) is 0 Å². The van der Waals surface area contributed by atoms with Crippen molar-refractivity contribution >= 4 is 0 Å². The number of likely N-dealkylation sites (N-methyl/N-ethyl adjacent to an activating group) is 4. The highest BCUT2D eigenvalue weighted by Crippen LogP contribution is 2.09. The van der Waals surface area contributed by atoms with Gasteiger partial charge in [0.05, 0.1) is 0 Å². The Hall–Kier alpha value is -0.200. The summed E-state index contributed by atoms with van der Waals surface area (Å²) in [6.45, 7) is 12.3. The molecule has 0 unspecified atom stereocenters. The lowest BCUT2D eigenvalue weighted by Crippen LogP contribution is -2.54. The third kappa shape index (κ3) is 8.12. The minimum absolute atomic E-state index is 0.769. The fraction of sp³-hybridized carbons (Fsp3) is 1.00. The third-order valence-electron chi connectivity index (χ3n) is 4.45. The second kappa shape index (κ2) is 9.74. The van der Waals surface area contributed by atoms with E-state index in [1.807, 2.05) is 7.05 Å². The average molecular weight is 300 g/mol. The molecule has 0 aliphatic carbocycles. The highest BCUT2D eigenvalue weighted by Gasteiger charge is 2.20. The Morgan fingerprint density at radius 1 is 0.667 bits per heavy atom. The van der Waals surface area contributed by atoms with Gasteiger partial charge in [-0.25, -0.2) is 0 Å². The van der Waals surface area contributed by atoms with E-state index in [0.29, 0.717) is 0 Å². The molecule has 0 bridgehead atoms. The molecule has 0 atom stereocenters. The van der Waals surface area contributed by atoms with Crippen LogP contribution in [0.1, 0.15) is 6.92 Å². The lowest BCUT2D eigenvalue weighted by atomic mass is 10.1. The van der Waals surface area contributed by atoms with E-state index in [-0.39, 0.29) is 0 Å². The van der Waals surface area contributed by atoms with Crippen LogP contribution < -0.4 is 5.32 Å². The number of nitrogens with zero attached hydrogens (tertiary/aromatic N) is 4. The van der Waals surface area contributed by atoms with E-state index in [2.05, 4.69) is 60.0 Å². The maximum atomic E-state index is 3.19. The van der Waals surface area contributed by atoms with Crippen LogP contribution in [-0.4, -0.2) is 113 Å². The number of piperazine rings is 1. The number of nitrogens with one attached hydrogen (secondary N) is 1. The van der Waals surface area contributed by atoms with Gasteiger partial charge >= 0.3 is 0 Å². The molecule has 0 aromatic heterocycles. The number of rotatable bonds is 1. The highest BCUT2D eigenvalue weighted by molar-refractivity contribution is 4.81. The molecule has 1 N–H and O–H groups in total. The van der Waals surface area contributed by atoms with Gasteiger partial charge in [0.2, 0.25) is 0 Å². The first-order valence-corrected chi connectivity index (χ1v) is 8.32. The summed E-state index contributed by atoms with van der Waals surface area (Å²) in [4.78, 5) is 9.34. The van der Waals surface area contributed by atoms with Gasteiger partial charge in [0, 0.05) is 58.4 Å². The summed E-state index contributed by atoms with van der Waals surface area (Å²) < 4.78 is 0. The van der Waals surface area contributed by atoms with E-state index < -0.39 is 0 Å². The van der Waals surface area contributed by atoms with Crippen LogP contribution in [0, 0.1) is 5.92 Å². The Labute approximate surface area is 132 Å².